The van der Waals surface area contributed by atoms with E-state index >= 15 is 0 Å². The molecule has 8 heteroatoms. The molecule has 1 aromatic heterocycles. The molecule has 0 unspecified atom stereocenters. The van der Waals surface area contributed by atoms with E-state index in [1.54, 1.807) is 31.0 Å². The average Bonchev–Trinajstić information content (AvgIpc) is 3.11. The van der Waals surface area contributed by atoms with Crippen LogP contribution >= 0.6 is 11.6 Å². The highest BCUT2D eigenvalue weighted by Gasteiger charge is 2.20. The molecule has 0 saturated heterocycles. The second-order valence-corrected chi connectivity index (χ2v) is 6.17. The van der Waals surface area contributed by atoms with Crippen LogP contribution in [0.25, 0.3) is 5.69 Å². The zero-order valence-electron chi connectivity index (χ0n) is 15.0. The van der Waals surface area contributed by atoms with Crippen molar-refractivity contribution >= 4 is 17.5 Å². The molecule has 27 heavy (non-hydrogen) atoms. The van der Waals surface area contributed by atoms with Gasteiger partial charge in [-0.2, -0.15) is 0 Å². The van der Waals surface area contributed by atoms with Crippen molar-refractivity contribution in [1.82, 2.24) is 20.3 Å². The molecule has 1 amide bonds. The van der Waals surface area contributed by atoms with Gasteiger partial charge in [-0.15, -0.1) is 5.10 Å². The number of hydrogen-bond acceptors (Lipinski definition) is 5. The highest BCUT2D eigenvalue weighted by Crippen LogP contribution is 2.18. The first-order valence-corrected chi connectivity index (χ1v) is 8.60. The van der Waals surface area contributed by atoms with E-state index in [0.29, 0.717) is 17.3 Å². The number of benzene rings is 2. The van der Waals surface area contributed by atoms with E-state index in [1.807, 2.05) is 36.4 Å². The smallest absolute Gasteiger partial charge is 0.274 e. The van der Waals surface area contributed by atoms with Gasteiger partial charge in [0.25, 0.3) is 5.91 Å². The number of aromatic nitrogens is 3. The number of carbonyl (C=O) groups is 1. The predicted molar refractivity (Wildman–Crippen MR) is 101 cm³/mol. The van der Waals surface area contributed by atoms with E-state index in [2.05, 4.69) is 15.6 Å². The minimum Gasteiger partial charge on any atom is -0.497 e. The molecular weight excluding hydrogens is 368 g/mol. The molecule has 3 rings (SSSR count). The van der Waals surface area contributed by atoms with Crippen molar-refractivity contribution in [3.05, 3.63) is 70.5 Å². The van der Waals surface area contributed by atoms with Crippen LogP contribution in [-0.4, -0.2) is 35.1 Å². The lowest BCUT2D eigenvalue weighted by molar-refractivity contribution is 0.0940. The molecule has 1 N–H and O–H groups in total. The second-order valence-electron chi connectivity index (χ2n) is 5.74. The third-order valence-electron chi connectivity index (χ3n) is 3.94. The van der Waals surface area contributed by atoms with Crippen LogP contribution in [0.3, 0.4) is 0 Å². The quantitative estimate of drug-likeness (QED) is 0.675. The van der Waals surface area contributed by atoms with Gasteiger partial charge in [-0.25, -0.2) is 4.68 Å². The molecular formula is C19H19ClN4O3. The number of halogens is 1. The standard InChI is InChI=1S/C19H19ClN4O3/c1-26-12-17-18(19(25)21-11-13-3-5-14(20)6-4-13)22-23-24(17)15-7-9-16(27-2)10-8-15/h3-10H,11-12H2,1-2H3,(H,21,25). The first kappa shape index (κ1) is 18.9. The van der Waals surface area contributed by atoms with E-state index in [-0.39, 0.29) is 18.2 Å². The summed E-state index contributed by atoms with van der Waals surface area (Å²) in [4.78, 5) is 12.6. The monoisotopic (exact) mass is 386 g/mol. The number of methoxy groups -OCH3 is 2. The fourth-order valence-electron chi connectivity index (χ4n) is 2.54. The Kier molecular flexibility index (Phi) is 6.05. The molecule has 0 aliphatic carbocycles. The molecule has 0 saturated carbocycles. The fourth-order valence-corrected chi connectivity index (χ4v) is 2.67. The zero-order valence-corrected chi connectivity index (χ0v) is 15.7. The summed E-state index contributed by atoms with van der Waals surface area (Å²) in [7, 11) is 3.16. The van der Waals surface area contributed by atoms with Crippen LogP contribution in [-0.2, 0) is 17.9 Å². The summed E-state index contributed by atoms with van der Waals surface area (Å²) in [6.07, 6.45) is 0. The maximum Gasteiger partial charge on any atom is 0.274 e. The molecule has 140 valence electrons. The Labute approximate surface area is 161 Å². The van der Waals surface area contributed by atoms with Crippen molar-refractivity contribution in [2.75, 3.05) is 14.2 Å². The van der Waals surface area contributed by atoms with Crippen molar-refractivity contribution in [2.45, 2.75) is 13.2 Å². The minimum atomic E-state index is -0.322. The summed E-state index contributed by atoms with van der Waals surface area (Å²) in [5.41, 5.74) is 2.48. The lowest BCUT2D eigenvalue weighted by Crippen LogP contribution is -2.24. The van der Waals surface area contributed by atoms with Crippen LogP contribution < -0.4 is 10.1 Å². The molecule has 1 heterocycles. The minimum absolute atomic E-state index is 0.197. The Balaban J connectivity index is 1.80. The Bertz CT molecular complexity index is 908. The van der Waals surface area contributed by atoms with E-state index < -0.39 is 0 Å². The summed E-state index contributed by atoms with van der Waals surface area (Å²) >= 11 is 5.88. The van der Waals surface area contributed by atoms with Crippen LogP contribution in [0.4, 0.5) is 0 Å². The van der Waals surface area contributed by atoms with Crippen LogP contribution in [0.1, 0.15) is 21.7 Å². The third-order valence-corrected chi connectivity index (χ3v) is 4.19. The summed E-state index contributed by atoms with van der Waals surface area (Å²) in [5.74, 6) is 0.407. The van der Waals surface area contributed by atoms with Gasteiger partial charge in [0.15, 0.2) is 5.69 Å². The summed E-state index contributed by atoms with van der Waals surface area (Å²) in [6.45, 7) is 0.556. The highest BCUT2D eigenvalue weighted by molar-refractivity contribution is 6.30. The van der Waals surface area contributed by atoms with E-state index in [4.69, 9.17) is 21.1 Å². The van der Waals surface area contributed by atoms with Crippen LogP contribution in [0, 0.1) is 0 Å². The van der Waals surface area contributed by atoms with E-state index in [9.17, 15) is 4.79 Å². The Morgan fingerprint density at radius 2 is 1.81 bits per heavy atom. The predicted octanol–water partition coefficient (Wildman–Crippen LogP) is 3.01. The van der Waals surface area contributed by atoms with Gasteiger partial charge in [0, 0.05) is 18.7 Å². The molecule has 0 radical (unpaired) electrons. The topological polar surface area (TPSA) is 78.3 Å². The van der Waals surface area contributed by atoms with Gasteiger partial charge in [0.1, 0.15) is 11.4 Å². The number of carbonyl (C=O) groups excluding carboxylic acids is 1. The van der Waals surface area contributed by atoms with Gasteiger partial charge in [-0.3, -0.25) is 4.79 Å². The normalized spacial score (nSPS) is 10.6. The molecule has 0 fully saturated rings. The lowest BCUT2D eigenvalue weighted by Gasteiger charge is -2.09. The lowest BCUT2D eigenvalue weighted by atomic mass is 10.2. The maximum absolute atomic E-state index is 12.6. The van der Waals surface area contributed by atoms with Crippen molar-refractivity contribution in [1.29, 1.82) is 0 Å². The van der Waals surface area contributed by atoms with E-state index in [1.165, 1.54) is 0 Å². The van der Waals surface area contributed by atoms with Crippen molar-refractivity contribution in [2.24, 2.45) is 0 Å². The largest absolute Gasteiger partial charge is 0.497 e. The summed E-state index contributed by atoms with van der Waals surface area (Å²) < 4.78 is 12.0. The third kappa shape index (κ3) is 4.45. The summed E-state index contributed by atoms with van der Waals surface area (Å²) in [6, 6.07) is 14.6. The average molecular weight is 387 g/mol. The number of nitrogens with zero attached hydrogens (tertiary/aromatic N) is 3. The van der Waals surface area contributed by atoms with Gasteiger partial charge >= 0.3 is 0 Å². The van der Waals surface area contributed by atoms with E-state index in [0.717, 1.165) is 17.0 Å². The first-order chi connectivity index (χ1) is 13.1. The first-order valence-electron chi connectivity index (χ1n) is 8.23. The van der Waals surface area contributed by atoms with Crippen molar-refractivity contribution < 1.29 is 14.3 Å². The number of ether oxygens (including phenoxy) is 2. The van der Waals surface area contributed by atoms with Gasteiger partial charge in [-0.1, -0.05) is 28.9 Å². The Hall–Kier alpha value is -2.90. The molecule has 0 atom stereocenters. The number of rotatable bonds is 7. The molecule has 3 aromatic rings. The molecule has 0 aliphatic heterocycles. The van der Waals surface area contributed by atoms with Gasteiger partial charge in [0.2, 0.25) is 0 Å². The van der Waals surface area contributed by atoms with Crippen molar-refractivity contribution in [3.8, 4) is 11.4 Å². The van der Waals surface area contributed by atoms with Gasteiger partial charge in [-0.05, 0) is 42.0 Å². The molecule has 0 spiro atoms. The van der Waals surface area contributed by atoms with Crippen LogP contribution in [0.2, 0.25) is 5.02 Å². The number of amides is 1. The van der Waals surface area contributed by atoms with Crippen LogP contribution in [0.5, 0.6) is 5.75 Å². The second kappa shape index (κ2) is 8.66. The number of hydrogen-bond donors (Lipinski definition) is 1. The Morgan fingerprint density at radius 1 is 1.11 bits per heavy atom. The fraction of sp³-hybridized carbons (Fsp3) is 0.211. The molecule has 7 nitrogen and oxygen atoms in total. The Morgan fingerprint density at radius 3 is 2.44 bits per heavy atom. The molecule has 0 aliphatic rings. The van der Waals surface area contributed by atoms with Gasteiger partial charge in [0.05, 0.1) is 19.4 Å². The van der Waals surface area contributed by atoms with Crippen LogP contribution in [0.15, 0.2) is 48.5 Å². The van der Waals surface area contributed by atoms with Crippen molar-refractivity contribution in [3.63, 3.8) is 0 Å². The number of nitrogens with one attached hydrogen (secondary N) is 1. The summed E-state index contributed by atoms with van der Waals surface area (Å²) in [5, 5.41) is 11.7. The zero-order chi connectivity index (χ0) is 19.2. The highest BCUT2D eigenvalue weighted by atomic mass is 35.5. The molecule has 0 bridgehead atoms. The SMILES string of the molecule is COCc1c(C(=O)NCc2ccc(Cl)cc2)nnn1-c1ccc(OC)cc1. The molecule has 2 aromatic carbocycles. The van der Waals surface area contributed by atoms with Gasteiger partial charge < -0.3 is 14.8 Å². The maximum atomic E-state index is 12.6.